The standard InChI is InChI=1S/C20H25N3O2S/c1-15-6-4-5-7-18(15)25-17-10-12-23(13-11-17)20(26-3)22-16-8-9-19(24-2)21-14-16/h4-9,14,17H,10-13H2,1-3H3/b22-20-. The van der Waals surface area contributed by atoms with Gasteiger partial charge < -0.3 is 14.4 Å². The zero-order valence-electron chi connectivity index (χ0n) is 15.5. The van der Waals surface area contributed by atoms with Gasteiger partial charge in [-0.1, -0.05) is 30.0 Å². The van der Waals surface area contributed by atoms with Gasteiger partial charge in [0.25, 0.3) is 0 Å². The number of methoxy groups -OCH3 is 1. The smallest absolute Gasteiger partial charge is 0.213 e. The van der Waals surface area contributed by atoms with E-state index in [1.165, 1.54) is 5.56 Å². The number of thioether (sulfide) groups is 1. The van der Waals surface area contributed by atoms with Crippen molar-refractivity contribution in [1.29, 1.82) is 0 Å². The van der Waals surface area contributed by atoms with Crippen LogP contribution in [0.15, 0.2) is 47.6 Å². The van der Waals surface area contributed by atoms with Crippen LogP contribution in [0.2, 0.25) is 0 Å². The molecule has 1 aromatic carbocycles. The number of amidine groups is 1. The van der Waals surface area contributed by atoms with Crippen molar-refractivity contribution in [2.45, 2.75) is 25.9 Å². The van der Waals surface area contributed by atoms with Gasteiger partial charge in [-0.2, -0.15) is 0 Å². The van der Waals surface area contributed by atoms with Crippen LogP contribution in [0.4, 0.5) is 5.69 Å². The Labute approximate surface area is 159 Å². The maximum Gasteiger partial charge on any atom is 0.213 e. The number of aromatic nitrogens is 1. The first-order chi connectivity index (χ1) is 12.7. The van der Waals surface area contributed by atoms with Gasteiger partial charge in [0.2, 0.25) is 5.88 Å². The van der Waals surface area contributed by atoms with Crippen molar-refractivity contribution in [3.8, 4) is 11.6 Å². The van der Waals surface area contributed by atoms with E-state index in [4.69, 9.17) is 14.5 Å². The molecular weight excluding hydrogens is 346 g/mol. The number of benzene rings is 1. The number of pyridine rings is 1. The zero-order valence-corrected chi connectivity index (χ0v) is 16.3. The van der Waals surface area contributed by atoms with Crippen LogP contribution in [-0.4, -0.2) is 47.6 Å². The first-order valence-electron chi connectivity index (χ1n) is 8.79. The van der Waals surface area contributed by atoms with Gasteiger partial charge in [0, 0.05) is 32.0 Å². The normalized spacial score (nSPS) is 15.8. The summed E-state index contributed by atoms with van der Waals surface area (Å²) in [6.45, 7) is 3.98. The number of aliphatic imine (C=N–C) groups is 1. The third-order valence-corrected chi connectivity index (χ3v) is 5.15. The van der Waals surface area contributed by atoms with Crippen LogP contribution in [0.3, 0.4) is 0 Å². The molecule has 0 saturated carbocycles. The molecule has 2 aromatic rings. The summed E-state index contributed by atoms with van der Waals surface area (Å²) in [5.74, 6) is 1.60. The number of nitrogens with zero attached hydrogens (tertiary/aromatic N) is 3. The predicted molar refractivity (Wildman–Crippen MR) is 108 cm³/mol. The van der Waals surface area contributed by atoms with Gasteiger partial charge in [0.1, 0.15) is 11.9 Å². The van der Waals surface area contributed by atoms with Gasteiger partial charge in [-0.05, 0) is 30.9 Å². The lowest BCUT2D eigenvalue weighted by Crippen LogP contribution is -2.40. The van der Waals surface area contributed by atoms with Gasteiger partial charge in [-0.25, -0.2) is 9.98 Å². The Hall–Kier alpha value is -2.21. The van der Waals surface area contributed by atoms with Crippen molar-refractivity contribution in [2.24, 2.45) is 4.99 Å². The maximum absolute atomic E-state index is 6.19. The van der Waals surface area contributed by atoms with E-state index in [9.17, 15) is 0 Å². The molecule has 1 fully saturated rings. The number of hydrogen-bond acceptors (Lipinski definition) is 5. The average molecular weight is 372 g/mol. The van der Waals surface area contributed by atoms with E-state index in [1.54, 1.807) is 25.1 Å². The predicted octanol–water partition coefficient (Wildman–Crippen LogP) is 4.29. The Balaban J connectivity index is 1.60. The Morgan fingerprint density at radius 3 is 2.58 bits per heavy atom. The van der Waals surface area contributed by atoms with Crippen molar-refractivity contribution in [3.05, 3.63) is 48.2 Å². The second kappa shape index (κ2) is 8.94. The third-order valence-electron chi connectivity index (χ3n) is 4.44. The van der Waals surface area contributed by atoms with E-state index >= 15 is 0 Å². The molecule has 0 aliphatic carbocycles. The molecule has 5 nitrogen and oxygen atoms in total. The van der Waals surface area contributed by atoms with Gasteiger partial charge in [0.15, 0.2) is 5.17 Å². The first kappa shape index (κ1) is 18.6. The summed E-state index contributed by atoms with van der Waals surface area (Å²) in [4.78, 5) is 11.3. The number of piperidine rings is 1. The number of rotatable bonds is 4. The summed E-state index contributed by atoms with van der Waals surface area (Å²) in [6, 6.07) is 12.0. The minimum absolute atomic E-state index is 0.262. The number of ether oxygens (including phenoxy) is 2. The molecule has 0 bridgehead atoms. The Bertz CT molecular complexity index is 741. The number of aryl methyl sites for hydroxylation is 1. The highest BCUT2D eigenvalue weighted by Crippen LogP contribution is 2.24. The average Bonchev–Trinajstić information content (AvgIpc) is 2.69. The highest BCUT2D eigenvalue weighted by Gasteiger charge is 2.23. The van der Waals surface area contributed by atoms with Crippen LogP contribution in [0.25, 0.3) is 0 Å². The summed E-state index contributed by atoms with van der Waals surface area (Å²) < 4.78 is 11.3. The molecule has 6 heteroatoms. The van der Waals surface area contributed by atoms with Gasteiger partial charge in [-0.15, -0.1) is 0 Å². The fourth-order valence-corrected chi connectivity index (χ4v) is 3.59. The zero-order chi connectivity index (χ0) is 18.4. The van der Waals surface area contributed by atoms with Crippen molar-refractivity contribution >= 4 is 22.6 Å². The molecule has 0 amide bonds. The molecule has 1 saturated heterocycles. The van der Waals surface area contributed by atoms with Crippen LogP contribution in [0.5, 0.6) is 11.6 Å². The lowest BCUT2D eigenvalue weighted by Gasteiger charge is -2.33. The van der Waals surface area contributed by atoms with Crippen LogP contribution in [-0.2, 0) is 0 Å². The van der Waals surface area contributed by atoms with E-state index in [0.29, 0.717) is 5.88 Å². The third kappa shape index (κ3) is 4.69. The maximum atomic E-state index is 6.19. The lowest BCUT2D eigenvalue weighted by molar-refractivity contribution is 0.131. The fourth-order valence-electron chi connectivity index (χ4n) is 2.95. The molecule has 0 N–H and O–H groups in total. The molecule has 138 valence electrons. The largest absolute Gasteiger partial charge is 0.490 e. The summed E-state index contributed by atoms with van der Waals surface area (Å²) in [7, 11) is 1.61. The molecule has 2 heterocycles. The van der Waals surface area contributed by atoms with E-state index in [2.05, 4.69) is 29.1 Å². The molecule has 26 heavy (non-hydrogen) atoms. The van der Waals surface area contributed by atoms with Crippen LogP contribution in [0.1, 0.15) is 18.4 Å². The molecule has 0 atom stereocenters. The number of para-hydroxylation sites is 1. The van der Waals surface area contributed by atoms with Gasteiger partial charge in [-0.3, -0.25) is 0 Å². The van der Waals surface area contributed by atoms with Crippen LogP contribution in [0, 0.1) is 6.92 Å². The summed E-state index contributed by atoms with van der Waals surface area (Å²) in [5.41, 5.74) is 2.03. The van der Waals surface area contributed by atoms with Crippen LogP contribution < -0.4 is 9.47 Å². The Morgan fingerprint density at radius 2 is 1.96 bits per heavy atom. The highest BCUT2D eigenvalue weighted by molar-refractivity contribution is 8.13. The topological polar surface area (TPSA) is 47.0 Å². The molecule has 0 unspecified atom stereocenters. The molecule has 1 aromatic heterocycles. The van der Waals surface area contributed by atoms with Crippen LogP contribution >= 0.6 is 11.8 Å². The molecule has 3 rings (SSSR count). The summed E-state index contributed by atoms with van der Waals surface area (Å²) >= 11 is 1.66. The Kier molecular flexibility index (Phi) is 6.39. The Morgan fingerprint density at radius 1 is 1.19 bits per heavy atom. The number of hydrogen-bond donors (Lipinski definition) is 0. The van der Waals surface area contributed by atoms with Crippen molar-refractivity contribution in [3.63, 3.8) is 0 Å². The quantitative estimate of drug-likeness (QED) is 0.593. The van der Waals surface area contributed by atoms with Crippen molar-refractivity contribution in [1.82, 2.24) is 9.88 Å². The molecular formula is C20H25N3O2S. The minimum atomic E-state index is 0.262. The number of likely N-dealkylation sites (tertiary alicyclic amines) is 1. The minimum Gasteiger partial charge on any atom is -0.490 e. The van der Waals surface area contributed by atoms with Gasteiger partial charge >= 0.3 is 0 Å². The molecule has 0 radical (unpaired) electrons. The first-order valence-corrected chi connectivity index (χ1v) is 10.0. The van der Waals surface area contributed by atoms with Crippen molar-refractivity contribution < 1.29 is 9.47 Å². The monoisotopic (exact) mass is 371 g/mol. The molecule has 1 aliphatic heterocycles. The van der Waals surface area contributed by atoms with E-state index in [0.717, 1.165) is 42.5 Å². The van der Waals surface area contributed by atoms with E-state index in [-0.39, 0.29) is 6.10 Å². The molecule has 0 spiro atoms. The lowest BCUT2D eigenvalue weighted by atomic mass is 10.1. The summed E-state index contributed by atoms with van der Waals surface area (Å²) in [5, 5.41) is 1.02. The van der Waals surface area contributed by atoms with Gasteiger partial charge in [0.05, 0.1) is 19.0 Å². The van der Waals surface area contributed by atoms with Crippen molar-refractivity contribution in [2.75, 3.05) is 26.5 Å². The second-order valence-corrected chi connectivity index (χ2v) is 7.00. The highest BCUT2D eigenvalue weighted by atomic mass is 32.2. The van der Waals surface area contributed by atoms with E-state index < -0.39 is 0 Å². The summed E-state index contributed by atoms with van der Waals surface area (Å²) in [6.07, 6.45) is 6.05. The SMILES string of the molecule is COc1ccc(/N=C(\SC)N2CCC(Oc3ccccc3C)CC2)cn1. The second-order valence-electron chi connectivity index (χ2n) is 6.23. The fraction of sp³-hybridized carbons (Fsp3) is 0.400. The molecule has 1 aliphatic rings. The van der Waals surface area contributed by atoms with E-state index in [1.807, 2.05) is 30.3 Å².